The van der Waals surface area contributed by atoms with Gasteiger partial charge in [0.25, 0.3) is 5.91 Å². The molecule has 0 spiro atoms. The standard InChI is InChI=1S/C22H29N5O2/c1-15(2)25-20-7-6-10-23-21(20)26(3)11-12-27(4)22(28)18-14-24-19-9-8-16(29-5)13-17(18)19/h6-10,13-15,24-25H,11-12H2,1-5H3. The molecule has 2 aromatic heterocycles. The van der Waals surface area contributed by atoms with Gasteiger partial charge < -0.3 is 24.8 Å². The number of rotatable bonds is 8. The van der Waals surface area contributed by atoms with Crippen molar-refractivity contribution in [3.63, 3.8) is 0 Å². The van der Waals surface area contributed by atoms with Gasteiger partial charge in [-0.05, 0) is 44.2 Å². The lowest BCUT2D eigenvalue weighted by molar-refractivity contribution is 0.0801. The largest absolute Gasteiger partial charge is 0.497 e. The molecule has 29 heavy (non-hydrogen) atoms. The number of amides is 1. The smallest absolute Gasteiger partial charge is 0.255 e. The first kappa shape index (κ1) is 20.5. The summed E-state index contributed by atoms with van der Waals surface area (Å²) in [6.07, 6.45) is 3.54. The van der Waals surface area contributed by atoms with Gasteiger partial charge in [0.05, 0.1) is 18.4 Å². The monoisotopic (exact) mass is 395 g/mol. The topological polar surface area (TPSA) is 73.5 Å². The number of aromatic amines is 1. The summed E-state index contributed by atoms with van der Waals surface area (Å²) in [5, 5.41) is 4.28. The van der Waals surface area contributed by atoms with Crippen LogP contribution in [0.2, 0.25) is 0 Å². The molecule has 154 valence electrons. The summed E-state index contributed by atoms with van der Waals surface area (Å²) >= 11 is 0. The number of likely N-dealkylation sites (N-methyl/N-ethyl adjacent to an activating group) is 2. The van der Waals surface area contributed by atoms with E-state index in [4.69, 9.17) is 4.74 Å². The van der Waals surface area contributed by atoms with Crippen LogP contribution in [0, 0.1) is 0 Å². The zero-order valence-corrected chi connectivity index (χ0v) is 17.7. The summed E-state index contributed by atoms with van der Waals surface area (Å²) in [7, 11) is 5.43. The van der Waals surface area contributed by atoms with Gasteiger partial charge in [0.2, 0.25) is 0 Å². The Kier molecular flexibility index (Phi) is 6.26. The van der Waals surface area contributed by atoms with Gasteiger partial charge in [-0.3, -0.25) is 4.79 Å². The molecule has 0 aliphatic carbocycles. The molecule has 0 unspecified atom stereocenters. The van der Waals surface area contributed by atoms with Gasteiger partial charge in [-0.15, -0.1) is 0 Å². The van der Waals surface area contributed by atoms with Crippen LogP contribution < -0.4 is 15.0 Å². The fourth-order valence-electron chi connectivity index (χ4n) is 3.24. The van der Waals surface area contributed by atoms with E-state index < -0.39 is 0 Å². The molecule has 1 aromatic carbocycles. The third kappa shape index (κ3) is 4.62. The molecule has 0 radical (unpaired) electrons. The molecule has 0 aliphatic rings. The van der Waals surface area contributed by atoms with Crippen LogP contribution in [0.4, 0.5) is 11.5 Å². The number of nitrogens with zero attached hydrogens (tertiary/aromatic N) is 3. The summed E-state index contributed by atoms with van der Waals surface area (Å²) in [5.41, 5.74) is 2.55. The Morgan fingerprint density at radius 1 is 1.24 bits per heavy atom. The number of hydrogen-bond acceptors (Lipinski definition) is 5. The van der Waals surface area contributed by atoms with Crippen molar-refractivity contribution in [1.82, 2.24) is 14.9 Å². The average Bonchev–Trinajstić information content (AvgIpc) is 3.14. The van der Waals surface area contributed by atoms with Crippen LogP contribution in [-0.4, -0.2) is 61.1 Å². The zero-order valence-electron chi connectivity index (χ0n) is 17.7. The Bertz CT molecular complexity index is 982. The highest BCUT2D eigenvalue weighted by Gasteiger charge is 2.18. The quantitative estimate of drug-likeness (QED) is 0.610. The van der Waals surface area contributed by atoms with Gasteiger partial charge in [0, 0.05) is 56.5 Å². The van der Waals surface area contributed by atoms with Crippen molar-refractivity contribution in [1.29, 1.82) is 0 Å². The van der Waals surface area contributed by atoms with Crippen LogP contribution in [0.1, 0.15) is 24.2 Å². The second-order valence-corrected chi connectivity index (χ2v) is 7.44. The highest BCUT2D eigenvalue weighted by Crippen LogP contribution is 2.25. The fraction of sp³-hybridized carbons (Fsp3) is 0.364. The zero-order chi connectivity index (χ0) is 21.0. The molecule has 0 saturated carbocycles. The minimum atomic E-state index is -0.0283. The third-order valence-electron chi connectivity index (χ3n) is 4.83. The van der Waals surface area contributed by atoms with E-state index >= 15 is 0 Å². The first-order valence-electron chi connectivity index (χ1n) is 9.74. The normalized spacial score (nSPS) is 11.0. The Morgan fingerprint density at radius 2 is 2.03 bits per heavy atom. The highest BCUT2D eigenvalue weighted by molar-refractivity contribution is 6.07. The number of H-pyrrole nitrogens is 1. The molecule has 7 nitrogen and oxygen atoms in total. The van der Waals surface area contributed by atoms with Crippen molar-refractivity contribution in [2.45, 2.75) is 19.9 Å². The number of anilines is 2. The molecule has 0 fully saturated rings. The molecule has 3 aromatic rings. The number of methoxy groups -OCH3 is 1. The number of aromatic nitrogens is 2. The fourth-order valence-corrected chi connectivity index (χ4v) is 3.24. The maximum atomic E-state index is 13.0. The molecule has 0 saturated heterocycles. The summed E-state index contributed by atoms with van der Waals surface area (Å²) in [6, 6.07) is 9.94. The third-order valence-corrected chi connectivity index (χ3v) is 4.83. The highest BCUT2D eigenvalue weighted by atomic mass is 16.5. The molecule has 0 aliphatic heterocycles. The number of fused-ring (bicyclic) bond motifs is 1. The SMILES string of the molecule is COc1ccc2[nH]cc(C(=O)N(C)CCN(C)c3ncccc3NC(C)C)c2c1. The predicted molar refractivity (Wildman–Crippen MR) is 118 cm³/mol. The molecule has 2 heterocycles. The number of ether oxygens (including phenoxy) is 1. The molecule has 7 heteroatoms. The molecule has 0 atom stereocenters. The lowest BCUT2D eigenvalue weighted by Gasteiger charge is -2.25. The summed E-state index contributed by atoms with van der Waals surface area (Å²) in [5.74, 6) is 1.58. The Hall–Kier alpha value is -3.22. The number of pyridine rings is 1. The number of carbonyl (C=O) groups excluding carboxylic acids is 1. The lowest BCUT2D eigenvalue weighted by atomic mass is 10.1. The molecule has 3 rings (SSSR count). The number of hydrogen-bond donors (Lipinski definition) is 2. The van der Waals surface area contributed by atoms with Crippen molar-refractivity contribution in [2.24, 2.45) is 0 Å². The molecular weight excluding hydrogens is 366 g/mol. The molecular formula is C22H29N5O2. The van der Waals surface area contributed by atoms with Gasteiger partial charge >= 0.3 is 0 Å². The van der Waals surface area contributed by atoms with Crippen LogP contribution in [0.25, 0.3) is 10.9 Å². The van der Waals surface area contributed by atoms with Gasteiger partial charge in [-0.1, -0.05) is 0 Å². The van der Waals surface area contributed by atoms with Crippen molar-refractivity contribution in [3.8, 4) is 5.75 Å². The molecule has 0 bridgehead atoms. The van der Waals surface area contributed by atoms with Crippen LogP contribution >= 0.6 is 0 Å². The first-order chi connectivity index (χ1) is 13.9. The van der Waals surface area contributed by atoms with Crippen molar-refractivity contribution >= 4 is 28.3 Å². The van der Waals surface area contributed by atoms with E-state index in [1.165, 1.54) is 0 Å². The summed E-state index contributed by atoms with van der Waals surface area (Å²) < 4.78 is 5.30. The van der Waals surface area contributed by atoms with Crippen molar-refractivity contribution in [2.75, 3.05) is 44.5 Å². The van der Waals surface area contributed by atoms with Crippen molar-refractivity contribution in [3.05, 3.63) is 48.3 Å². The lowest BCUT2D eigenvalue weighted by Crippen LogP contribution is -2.35. The van der Waals surface area contributed by atoms with Crippen LogP contribution in [0.5, 0.6) is 5.75 Å². The summed E-state index contributed by atoms with van der Waals surface area (Å²) in [6.45, 7) is 5.43. The van der Waals surface area contributed by atoms with Gasteiger partial charge in [0.1, 0.15) is 5.75 Å². The van der Waals surface area contributed by atoms with Crippen LogP contribution in [-0.2, 0) is 0 Å². The Morgan fingerprint density at radius 3 is 2.76 bits per heavy atom. The second kappa shape index (κ2) is 8.86. The number of nitrogens with one attached hydrogen (secondary N) is 2. The van der Waals surface area contributed by atoms with E-state index in [2.05, 4.69) is 34.0 Å². The second-order valence-electron chi connectivity index (χ2n) is 7.44. The van der Waals surface area contributed by atoms with E-state index in [1.807, 2.05) is 44.4 Å². The maximum absolute atomic E-state index is 13.0. The van der Waals surface area contributed by atoms with Crippen LogP contribution in [0.3, 0.4) is 0 Å². The van der Waals surface area contributed by atoms with Gasteiger partial charge in [-0.25, -0.2) is 4.98 Å². The van der Waals surface area contributed by atoms with Crippen molar-refractivity contribution < 1.29 is 9.53 Å². The number of carbonyl (C=O) groups is 1. The van der Waals surface area contributed by atoms with E-state index in [0.29, 0.717) is 24.7 Å². The molecule has 2 N–H and O–H groups in total. The minimum absolute atomic E-state index is 0.0283. The maximum Gasteiger partial charge on any atom is 0.255 e. The summed E-state index contributed by atoms with van der Waals surface area (Å²) in [4.78, 5) is 24.5. The van der Waals surface area contributed by atoms with Gasteiger partial charge in [-0.2, -0.15) is 0 Å². The Balaban J connectivity index is 1.70. The van der Waals surface area contributed by atoms with E-state index in [-0.39, 0.29) is 5.91 Å². The van der Waals surface area contributed by atoms with E-state index in [9.17, 15) is 4.79 Å². The average molecular weight is 396 g/mol. The van der Waals surface area contributed by atoms with E-state index in [1.54, 1.807) is 24.4 Å². The molecule has 1 amide bonds. The van der Waals surface area contributed by atoms with Crippen LogP contribution in [0.15, 0.2) is 42.7 Å². The minimum Gasteiger partial charge on any atom is -0.497 e. The van der Waals surface area contributed by atoms with Gasteiger partial charge in [0.15, 0.2) is 5.82 Å². The number of benzene rings is 1. The predicted octanol–water partition coefficient (Wildman–Crippen LogP) is 3.60. The first-order valence-corrected chi connectivity index (χ1v) is 9.74. The Labute approximate surface area is 171 Å². The van der Waals surface area contributed by atoms with E-state index in [0.717, 1.165) is 28.2 Å².